The Kier molecular flexibility index (Phi) is 6.89. The van der Waals surface area contributed by atoms with E-state index in [1.54, 1.807) is 0 Å². The van der Waals surface area contributed by atoms with Gasteiger partial charge in [-0.05, 0) is 23.8 Å². The number of hydrogen-bond acceptors (Lipinski definition) is 3. The molecule has 0 bridgehead atoms. The Morgan fingerprint density at radius 2 is 0.848 bits per heavy atom. The lowest BCUT2D eigenvalue weighted by molar-refractivity contribution is 1.08. The Bertz CT molecular complexity index is 2230. The fourth-order valence-corrected chi connectivity index (χ4v) is 9.70. The highest BCUT2D eigenvalue weighted by Crippen LogP contribution is 2.32. The highest BCUT2D eigenvalue weighted by Gasteiger charge is 2.23. The summed E-state index contributed by atoms with van der Waals surface area (Å²) < 4.78 is 2.45. The van der Waals surface area contributed by atoms with Crippen molar-refractivity contribution >= 4 is 40.3 Å². The smallest absolute Gasteiger partial charge is 0.164 e. The van der Waals surface area contributed by atoms with Crippen LogP contribution in [0.5, 0.6) is 0 Å². The number of benzene rings is 6. The first kappa shape index (κ1) is 27.9. The standard InChI is InChI=1S/C41H32N4Si/c1-46(2,38-28-16-14-26-36(38)45-34-24-12-9-21-31(34)32-22-10-13-25-35(32)45)37-27-15-11-23-33(37)41-43-39(29-17-5-3-6-18-29)42-40(44-41)30-19-7-4-8-20-30/h3-28H,1-2H3/q-1. The first-order chi connectivity index (χ1) is 22.6. The van der Waals surface area contributed by atoms with Crippen LogP contribution in [-0.4, -0.2) is 27.6 Å². The summed E-state index contributed by atoms with van der Waals surface area (Å²) in [5.41, 5.74) is 6.63. The molecule has 0 saturated carbocycles. The number of nitrogens with zero attached hydrogens (tertiary/aromatic N) is 4. The third-order valence-electron chi connectivity index (χ3n) is 8.94. The molecular formula is C41H32N4Si-. The molecule has 6 aromatic carbocycles. The van der Waals surface area contributed by atoms with Crippen LogP contribution in [0.1, 0.15) is 0 Å². The Hall–Kier alpha value is -5.65. The summed E-state index contributed by atoms with van der Waals surface area (Å²) in [5.74, 6) is 2.03. The van der Waals surface area contributed by atoms with Gasteiger partial charge in [-0.2, -0.15) is 23.5 Å². The highest BCUT2D eigenvalue weighted by atomic mass is 28.3. The van der Waals surface area contributed by atoms with E-state index < -0.39 is 8.07 Å². The van der Waals surface area contributed by atoms with E-state index in [0.717, 1.165) is 16.7 Å². The molecule has 0 aliphatic heterocycles. The molecule has 8 rings (SSSR count). The van der Waals surface area contributed by atoms with Crippen molar-refractivity contribution in [3.05, 3.63) is 158 Å². The molecule has 5 heteroatoms. The lowest BCUT2D eigenvalue weighted by Crippen LogP contribution is -2.55. The van der Waals surface area contributed by atoms with Gasteiger partial charge in [-0.1, -0.05) is 148 Å². The van der Waals surface area contributed by atoms with Crippen LogP contribution in [0.2, 0.25) is 13.1 Å². The molecule has 2 heterocycles. The summed E-state index contributed by atoms with van der Waals surface area (Å²) >= 11 is 0. The quantitative estimate of drug-likeness (QED) is 0.177. The predicted octanol–water partition coefficient (Wildman–Crippen LogP) is 8.79. The van der Waals surface area contributed by atoms with Crippen LogP contribution in [0, 0.1) is 0 Å². The van der Waals surface area contributed by atoms with Gasteiger partial charge in [0.15, 0.2) is 17.5 Å². The largest absolute Gasteiger partial charge is 0.312 e. The maximum Gasteiger partial charge on any atom is 0.164 e. The zero-order chi connectivity index (χ0) is 31.1. The van der Waals surface area contributed by atoms with E-state index in [2.05, 4.69) is 139 Å². The minimum absolute atomic E-state index is 0.671. The zero-order valence-corrected chi connectivity index (χ0v) is 26.8. The molecule has 4 nitrogen and oxygen atoms in total. The maximum atomic E-state index is 5.12. The van der Waals surface area contributed by atoms with Crippen molar-refractivity contribution in [3.8, 4) is 39.9 Å². The normalized spacial score (nSPS) is 11.7. The van der Waals surface area contributed by atoms with Gasteiger partial charge in [0.05, 0.1) is 11.0 Å². The first-order valence-corrected chi connectivity index (χ1v) is 18.6. The van der Waals surface area contributed by atoms with Crippen LogP contribution in [0.4, 0.5) is 0 Å². The van der Waals surface area contributed by atoms with Crippen LogP contribution in [0.15, 0.2) is 158 Å². The van der Waals surface area contributed by atoms with Gasteiger partial charge in [-0.15, -0.1) is 0 Å². The van der Waals surface area contributed by atoms with Gasteiger partial charge in [0, 0.05) is 27.6 Å². The van der Waals surface area contributed by atoms with Crippen molar-refractivity contribution in [3.63, 3.8) is 0 Å². The van der Waals surface area contributed by atoms with Gasteiger partial charge in [-0.25, -0.2) is 15.0 Å². The summed E-state index contributed by atoms with van der Waals surface area (Å²) in [5, 5.41) is 5.17. The van der Waals surface area contributed by atoms with Crippen molar-refractivity contribution in [1.29, 1.82) is 0 Å². The second kappa shape index (κ2) is 11.4. The van der Waals surface area contributed by atoms with Crippen LogP contribution < -0.4 is 10.4 Å². The number of rotatable bonds is 6. The topological polar surface area (TPSA) is 43.6 Å². The first-order valence-electron chi connectivity index (χ1n) is 15.6. The van der Waals surface area contributed by atoms with Crippen molar-refractivity contribution in [1.82, 2.24) is 19.5 Å². The summed E-state index contributed by atoms with van der Waals surface area (Å²) in [7, 11) is -2.37. The van der Waals surface area contributed by atoms with E-state index in [4.69, 9.17) is 15.0 Å². The SMILES string of the molecule is C[Si-](C)(c1ccccc1-c1nc(-c2ccccc2)nc(-c2ccccc2)n1)c1ccccc1-n1c2ccccc2c2ccccc21. The lowest BCUT2D eigenvalue weighted by atomic mass is 10.1. The summed E-state index contributed by atoms with van der Waals surface area (Å²) in [6.45, 7) is 4.88. The van der Waals surface area contributed by atoms with Crippen LogP contribution in [0.25, 0.3) is 61.7 Å². The van der Waals surface area contributed by atoms with Crippen molar-refractivity contribution < 1.29 is 0 Å². The highest BCUT2D eigenvalue weighted by molar-refractivity contribution is 7.01. The van der Waals surface area contributed by atoms with Gasteiger partial charge >= 0.3 is 0 Å². The summed E-state index contributed by atoms with van der Waals surface area (Å²) in [4.78, 5) is 15.2. The van der Waals surface area contributed by atoms with Gasteiger partial charge in [0.1, 0.15) is 0 Å². The molecule has 0 amide bonds. The van der Waals surface area contributed by atoms with E-state index in [0.29, 0.717) is 17.5 Å². The predicted molar refractivity (Wildman–Crippen MR) is 194 cm³/mol. The number of fused-ring (bicyclic) bond motifs is 3. The molecule has 8 aromatic rings. The minimum Gasteiger partial charge on any atom is -0.312 e. The second-order valence-electron chi connectivity index (χ2n) is 12.1. The Balaban J connectivity index is 1.34. The Labute approximate surface area is 269 Å². The summed E-state index contributed by atoms with van der Waals surface area (Å²) in [6.07, 6.45) is 0. The van der Waals surface area contributed by atoms with Crippen LogP contribution in [-0.2, 0) is 0 Å². The second-order valence-corrected chi connectivity index (χ2v) is 16.4. The van der Waals surface area contributed by atoms with E-state index in [1.165, 1.54) is 37.9 Å². The molecular weight excluding hydrogens is 577 g/mol. The molecule has 0 spiro atoms. The maximum absolute atomic E-state index is 5.12. The zero-order valence-electron chi connectivity index (χ0n) is 25.8. The average Bonchev–Trinajstić information content (AvgIpc) is 3.46. The molecule has 0 radical (unpaired) electrons. The third kappa shape index (κ3) is 4.73. The molecule has 221 valence electrons. The van der Waals surface area contributed by atoms with Crippen molar-refractivity contribution in [2.45, 2.75) is 13.1 Å². The molecule has 0 N–H and O–H groups in total. The van der Waals surface area contributed by atoms with Gasteiger partial charge < -0.3 is 4.57 Å². The summed E-state index contributed by atoms with van der Waals surface area (Å²) in [6, 6.07) is 55.4. The van der Waals surface area contributed by atoms with Crippen LogP contribution in [0.3, 0.4) is 0 Å². The number of aromatic nitrogens is 4. The van der Waals surface area contributed by atoms with E-state index in [9.17, 15) is 0 Å². The van der Waals surface area contributed by atoms with Crippen molar-refractivity contribution in [2.24, 2.45) is 0 Å². The fraction of sp³-hybridized carbons (Fsp3) is 0.0488. The third-order valence-corrected chi connectivity index (χ3v) is 12.5. The minimum atomic E-state index is -2.37. The van der Waals surface area contributed by atoms with Crippen molar-refractivity contribution in [2.75, 3.05) is 0 Å². The molecule has 0 atom stereocenters. The van der Waals surface area contributed by atoms with Gasteiger partial charge in [0.25, 0.3) is 0 Å². The van der Waals surface area contributed by atoms with E-state index in [1.807, 2.05) is 36.4 Å². The lowest BCUT2D eigenvalue weighted by Gasteiger charge is -2.40. The van der Waals surface area contributed by atoms with Crippen LogP contribution >= 0.6 is 0 Å². The molecule has 0 saturated heterocycles. The number of hydrogen-bond donors (Lipinski definition) is 0. The molecule has 0 aliphatic carbocycles. The monoisotopic (exact) mass is 608 g/mol. The van der Waals surface area contributed by atoms with Gasteiger partial charge in [-0.3, -0.25) is 0 Å². The Morgan fingerprint density at radius 3 is 1.43 bits per heavy atom. The molecule has 0 unspecified atom stereocenters. The molecule has 2 aromatic heterocycles. The van der Waals surface area contributed by atoms with Gasteiger partial charge in [0.2, 0.25) is 0 Å². The fourth-order valence-electron chi connectivity index (χ4n) is 6.68. The average molecular weight is 609 g/mol. The van der Waals surface area contributed by atoms with E-state index >= 15 is 0 Å². The molecule has 0 fully saturated rings. The Morgan fingerprint density at radius 1 is 0.413 bits per heavy atom. The molecule has 0 aliphatic rings. The van der Waals surface area contributed by atoms with E-state index in [-0.39, 0.29) is 0 Å². The number of para-hydroxylation sites is 3. The molecule has 46 heavy (non-hydrogen) atoms.